The second-order valence-electron chi connectivity index (χ2n) is 9.27. The predicted molar refractivity (Wildman–Crippen MR) is 143 cm³/mol. The number of amides is 1. The third-order valence-corrected chi connectivity index (χ3v) is 6.18. The van der Waals surface area contributed by atoms with Gasteiger partial charge in [0.15, 0.2) is 18.1 Å². The fraction of sp³-hybridized carbons (Fsp3) is 0.621. The molecule has 6 nitrogen and oxygen atoms in total. The summed E-state index contributed by atoms with van der Waals surface area (Å²) in [6, 6.07) is 5.49. The summed E-state index contributed by atoms with van der Waals surface area (Å²) >= 11 is 0. The van der Waals surface area contributed by atoms with Crippen LogP contribution in [0, 0.1) is 0 Å². The molecule has 0 unspecified atom stereocenters. The van der Waals surface area contributed by atoms with Gasteiger partial charge in [-0.2, -0.15) is 0 Å². The number of carbonyl (C=O) groups excluding carboxylic acids is 1. The molecule has 1 amide bonds. The van der Waals surface area contributed by atoms with E-state index in [-0.39, 0.29) is 12.5 Å². The molecule has 1 aliphatic rings. The number of unbranched alkanes of at least 4 members (excludes halogenated alkanes) is 9. The normalized spacial score (nSPS) is 12.9. The summed E-state index contributed by atoms with van der Waals surface area (Å²) in [5.74, 6) is 1.72. The van der Waals surface area contributed by atoms with Gasteiger partial charge in [0.2, 0.25) is 0 Å². The minimum absolute atomic E-state index is 0.0488. The Morgan fingerprint density at radius 1 is 0.971 bits per heavy atom. The summed E-state index contributed by atoms with van der Waals surface area (Å²) < 4.78 is 17.0. The fourth-order valence-electron chi connectivity index (χ4n) is 3.98. The molecule has 1 heterocycles. The van der Waals surface area contributed by atoms with Crippen molar-refractivity contribution in [3.63, 3.8) is 0 Å². The first-order valence-corrected chi connectivity index (χ1v) is 13.4. The molecule has 2 rings (SSSR count). The number of carbonyl (C=O) groups is 1. The number of likely N-dealkylation sites (N-methyl/N-ethyl adjacent to an activating group) is 1. The Labute approximate surface area is 212 Å². The second kappa shape index (κ2) is 17.8. The summed E-state index contributed by atoms with van der Waals surface area (Å²) in [5.41, 5.74) is 1.24. The van der Waals surface area contributed by atoms with Crippen LogP contribution >= 0.6 is 0 Å². The molecule has 0 spiro atoms. The molecule has 6 heteroatoms. The Morgan fingerprint density at radius 3 is 2.34 bits per heavy atom. The highest BCUT2D eigenvalue weighted by Crippen LogP contribution is 2.31. The lowest BCUT2D eigenvalue weighted by Crippen LogP contribution is -2.30. The average Bonchev–Trinajstić information content (AvgIpc) is 2.87. The van der Waals surface area contributed by atoms with E-state index in [2.05, 4.69) is 35.5 Å². The van der Waals surface area contributed by atoms with Crippen LogP contribution in [0.2, 0.25) is 0 Å². The highest BCUT2D eigenvalue weighted by Gasteiger charge is 2.10. The van der Waals surface area contributed by atoms with Gasteiger partial charge < -0.3 is 24.4 Å². The zero-order chi connectivity index (χ0) is 25.1. The quantitative estimate of drug-likeness (QED) is 0.234. The van der Waals surface area contributed by atoms with E-state index in [1.165, 1.54) is 63.4 Å². The van der Waals surface area contributed by atoms with Gasteiger partial charge in [0, 0.05) is 26.2 Å². The van der Waals surface area contributed by atoms with Crippen molar-refractivity contribution in [2.24, 2.45) is 0 Å². The molecule has 0 saturated carbocycles. The molecule has 0 fully saturated rings. The predicted octanol–water partition coefficient (Wildman–Crippen LogP) is 6.27. The zero-order valence-corrected chi connectivity index (χ0v) is 22.2. The van der Waals surface area contributed by atoms with E-state index in [9.17, 15) is 4.79 Å². The summed E-state index contributed by atoms with van der Waals surface area (Å²) in [5, 5.41) is 2.91. The van der Waals surface area contributed by atoms with Gasteiger partial charge in [0.1, 0.15) is 5.75 Å². The minimum Gasteiger partial charge on any atom is -0.493 e. The lowest BCUT2D eigenvalue weighted by atomic mass is 10.1. The van der Waals surface area contributed by atoms with Gasteiger partial charge in [0.05, 0.1) is 13.7 Å². The third-order valence-electron chi connectivity index (χ3n) is 6.18. The Balaban J connectivity index is 1.58. The van der Waals surface area contributed by atoms with Crippen LogP contribution in [0.3, 0.4) is 0 Å². The number of hydrogen-bond donors (Lipinski definition) is 1. The van der Waals surface area contributed by atoms with Crippen molar-refractivity contribution in [2.75, 3.05) is 40.5 Å². The Hall–Kier alpha value is -2.63. The minimum atomic E-state index is -0.147. The molecule has 35 heavy (non-hydrogen) atoms. The molecule has 0 aliphatic carbocycles. The van der Waals surface area contributed by atoms with Crippen LogP contribution in [0.25, 0.3) is 0 Å². The van der Waals surface area contributed by atoms with Gasteiger partial charge in [-0.25, -0.2) is 0 Å². The molecular weight excluding hydrogens is 440 g/mol. The highest BCUT2D eigenvalue weighted by atomic mass is 16.5. The van der Waals surface area contributed by atoms with Crippen molar-refractivity contribution in [1.29, 1.82) is 0 Å². The molecule has 0 aromatic heterocycles. The van der Waals surface area contributed by atoms with Crippen molar-refractivity contribution in [2.45, 2.75) is 77.6 Å². The lowest BCUT2D eigenvalue weighted by Gasteiger charge is -2.17. The maximum Gasteiger partial charge on any atom is 0.257 e. The number of nitrogens with zero attached hydrogens (tertiary/aromatic N) is 1. The van der Waals surface area contributed by atoms with E-state index < -0.39 is 0 Å². The van der Waals surface area contributed by atoms with Gasteiger partial charge in [-0.1, -0.05) is 70.8 Å². The highest BCUT2D eigenvalue weighted by molar-refractivity contribution is 5.77. The first-order chi connectivity index (χ1) is 17.1. The summed E-state index contributed by atoms with van der Waals surface area (Å²) in [6.45, 7) is 4.40. The van der Waals surface area contributed by atoms with Crippen LogP contribution in [0.4, 0.5) is 0 Å². The number of benzene rings is 1. The zero-order valence-electron chi connectivity index (χ0n) is 22.2. The number of ether oxygens (including phenoxy) is 3. The van der Waals surface area contributed by atoms with Gasteiger partial charge in [0.25, 0.3) is 5.91 Å². The SMILES string of the molecule is CCCCCCCCCCCCOc1ccc(OCC(=O)NCCC2=CCN(C)C=C2)c(OC)c1. The second-order valence-corrected chi connectivity index (χ2v) is 9.27. The summed E-state index contributed by atoms with van der Waals surface area (Å²) in [4.78, 5) is 14.3. The summed E-state index contributed by atoms with van der Waals surface area (Å²) in [7, 11) is 3.63. The molecule has 1 aliphatic heterocycles. The molecule has 1 aromatic carbocycles. The number of methoxy groups -OCH3 is 1. The van der Waals surface area contributed by atoms with Crippen LogP contribution in [0.15, 0.2) is 42.1 Å². The fourth-order valence-corrected chi connectivity index (χ4v) is 3.98. The number of allylic oxidation sites excluding steroid dienone is 1. The smallest absolute Gasteiger partial charge is 0.257 e. The molecule has 0 bridgehead atoms. The number of hydrogen-bond acceptors (Lipinski definition) is 5. The van der Waals surface area contributed by atoms with Gasteiger partial charge >= 0.3 is 0 Å². The molecule has 0 radical (unpaired) electrons. The number of nitrogens with one attached hydrogen (secondary N) is 1. The molecule has 1 aromatic rings. The Bertz CT molecular complexity index is 791. The van der Waals surface area contributed by atoms with E-state index in [1.807, 2.05) is 19.2 Å². The van der Waals surface area contributed by atoms with Crippen LogP contribution in [-0.2, 0) is 4.79 Å². The third kappa shape index (κ3) is 12.6. The van der Waals surface area contributed by atoms with Crippen LogP contribution in [0.5, 0.6) is 17.2 Å². The van der Waals surface area contributed by atoms with Gasteiger partial charge in [-0.05, 0) is 42.8 Å². The van der Waals surface area contributed by atoms with Crippen LogP contribution < -0.4 is 19.5 Å². The first-order valence-electron chi connectivity index (χ1n) is 13.4. The van der Waals surface area contributed by atoms with Crippen molar-refractivity contribution >= 4 is 5.91 Å². The van der Waals surface area contributed by atoms with Crippen molar-refractivity contribution in [3.05, 3.63) is 42.1 Å². The van der Waals surface area contributed by atoms with Gasteiger partial charge in [-0.15, -0.1) is 0 Å². The monoisotopic (exact) mass is 486 g/mol. The summed E-state index contributed by atoms with van der Waals surface area (Å²) in [6.07, 6.45) is 20.2. The van der Waals surface area contributed by atoms with Gasteiger partial charge in [-0.3, -0.25) is 4.79 Å². The molecule has 0 atom stereocenters. The van der Waals surface area contributed by atoms with Crippen molar-refractivity contribution in [3.8, 4) is 17.2 Å². The maximum atomic E-state index is 12.2. The first kappa shape index (κ1) is 28.6. The van der Waals surface area contributed by atoms with E-state index in [0.717, 1.165) is 25.1 Å². The van der Waals surface area contributed by atoms with Crippen LogP contribution in [-0.4, -0.2) is 51.3 Å². The average molecular weight is 487 g/mol. The van der Waals surface area contributed by atoms with E-state index in [1.54, 1.807) is 13.2 Å². The molecular formula is C29H46N2O4. The maximum absolute atomic E-state index is 12.2. The topological polar surface area (TPSA) is 60.0 Å². The van der Waals surface area contributed by atoms with E-state index in [4.69, 9.17) is 14.2 Å². The Morgan fingerprint density at radius 2 is 1.69 bits per heavy atom. The van der Waals surface area contributed by atoms with E-state index in [0.29, 0.717) is 24.7 Å². The lowest BCUT2D eigenvalue weighted by molar-refractivity contribution is -0.123. The van der Waals surface area contributed by atoms with Crippen molar-refractivity contribution in [1.82, 2.24) is 10.2 Å². The molecule has 1 N–H and O–H groups in total. The molecule has 196 valence electrons. The Kier molecular flexibility index (Phi) is 14.5. The largest absolute Gasteiger partial charge is 0.493 e. The van der Waals surface area contributed by atoms with Crippen molar-refractivity contribution < 1.29 is 19.0 Å². The van der Waals surface area contributed by atoms with Crippen LogP contribution in [0.1, 0.15) is 77.6 Å². The molecule has 0 saturated heterocycles. The van der Waals surface area contributed by atoms with E-state index >= 15 is 0 Å². The standard InChI is InChI=1S/C29H46N2O4/c1-4-5-6-7-8-9-10-11-12-13-22-34-26-14-15-27(28(23-26)33-3)35-24-29(32)30-19-16-25-17-20-31(2)21-18-25/h14-15,17-18,20,23H,4-13,16,19,21-22,24H2,1-3H3,(H,30,32). The number of rotatable bonds is 19.